The minimum absolute atomic E-state index is 0.0816. The van der Waals surface area contributed by atoms with Crippen molar-refractivity contribution in [1.82, 2.24) is 10.7 Å². The molecule has 3 heterocycles. The lowest BCUT2D eigenvalue weighted by atomic mass is 9.91. The van der Waals surface area contributed by atoms with Gasteiger partial charge in [-0.3, -0.25) is 9.59 Å². The molecule has 26 heavy (non-hydrogen) atoms. The summed E-state index contributed by atoms with van der Waals surface area (Å²) in [6, 6.07) is 4.00. The number of carbonyl (C=O) groups is 2. The number of aryl methyl sites for hydroxylation is 1. The number of fused-ring (bicyclic) bond motifs is 3. The molecule has 3 N–H and O–H groups in total. The third kappa shape index (κ3) is 3.65. The second kappa shape index (κ2) is 7.33. The predicted molar refractivity (Wildman–Crippen MR) is 97.6 cm³/mol. The average Bonchev–Trinajstić information content (AvgIpc) is 2.53. The molecule has 4 rings (SSSR count). The first-order valence-corrected chi connectivity index (χ1v) is 8.69. The van der Waals surface area contributed by atoms with Crippen molar-refractivity contribution in [2.75, 3.05) is 24.6 Å². The quantitative estimate of drug-likeness (QED) is 0.723. The van der Waals surface area contributed by atoms with Gasteiger partial charge in [-0.05, 0) is 62.5 Å². The van der Waals surface area contributed by atoms with E-state index < -0.39 is 5.97 Å². The van der Waals surface area contributed by atoms with Crippen molar-refractivity contribution >= 4 is 23.4 Å². The molecular weight excluding hydrogens is 336 g/mol. The molecule has 0 aliphatic carbocycles. The van der Waals surface area contributed by atoms with E-state index in [-0.39, 0.29) is 11.9 Å². The lowest BCUT2D eigenvalue weighted by Crippen LogP contribution is -2.55. The Hall–Kier alpha value is -2.61. The van der Waals surface area contributed by atoms with Crippen LogP contribution in [0.15, 0.2) is 17.2 Å². The monoisotopic (exact) mass is 360 g/mol. The average molecular weight is 360 g/mol. The summed E-state index contributed by atoms with van der Waals surface area (Å²) in [6.45, 7) is 7.67. The Kier molecular flexibility index (Phi) is 5.13. The first-order chi connectivity index (χ1) is 12.4. The molecule has 1 saturated heterocycles. The van der Waals surface area contributed by atoms with Crippen LogP contribution in [-0.4, -0.2) is 48.6 Å². The van der Waals surface area contributed by atoms with Crippen LogP contribution in [0.1, 0.15) is 25.0 Å². The molecule has 1 aromatic carbocycles. The van der Waals surface area contributed by atoms with Gasteiger partial charge in [0.05, 0.1) is 5.69 Å². The summed E-state index contributed by atoms with van der Waals surface area (Å²) in [7, 11) is 0. The van der Waals surface area contributed by atoms with Gasteiger partial charge in [0, 0.05) is 6.92 Å². The van der Waals surface area contributed by atoms with Crippen LogP contribution in [0.4, 0.5) is 5.69 Å². The summed E-state index contributed by atoms with van der Waals surface area (Å²) in [5.41, 5.74) is 6.09. The van der Waals surface area contributed by atoms with Gasteiger partial charge < -0.3 is 20.1 Å². The number of carboxylic acids is 1. The minimum atomic E-state index is -0.833. The molecule has 1 aromatic rings. The summed E-state index contributed by atoms with van der Waals surface area (Å²) in [6.07, 6.45) is 1.06. The van der Waals surface area contributed by atoms with E-state index in [9.17, 15) is 4.79 Å². The molecular formula is C18H24N4O4. The molecule has 3 aliphatic rings. The van der Waals surface area contributed by atoms with Crippen LogP contribution >= 0.6 is 0 Å². The Morgan fingerprint density at radius 1 is 1.42 bits per heavy atom. The Morgan fingerprint density at radius 2 is 2.12 bits per heavy atom. The van der Waals surface area contributed by atoms with E-state index in [1.807, 2.05) is 11.8 Å². The van der Waals surface area contributed by atoms with Crippen LogP contribution < -0.4 is 20.4 Å². The minimum Gasteiger partial charge on any atom is -0.483 e. The molecule has 0 radical (unpaired) electrons. The Balaban J connectivity index is 0.000000447. The topological polar surface area (TPSA) is 103 Å². The van der Waals surface area contributed by atoms with Crippen LogP contribution in [0.3, 0.4) is 0 Å². The van der Waals surface area contributed by atoms with Crippen LogP contribution in [0, 0.1) is 12.8 Å². The smallest absolute Gasteiger partial charge is 0.300 e. The number of amides is 1. The maximum atomic E-state index is 11.9. The molecule has 0 bridgehead atoms. The van der Waals surface area contributed by atoms with Gasteiger partial charge in [0.2, 0.25) is 0 Å². The molecule has 0 saturated carbocycles. The summed E-state index contributed by atoms with van der Waals surface area (Å²) in [5, 5.41) is 14.9. The van der Waals surface area contributed by atoms with Crippen molar-refractivity contribution < 1.29 is 19.4 Å². The third-order valence-electron chi connectivity index (χ3n) is 4.75. The first-order valence-electron chi connectivity index (χ1n) is 8.69. The van der Waals surface area contributed by atoms with Gasteiger partial charge in [0.25, 0.3) is 11.9 Å². The number of rotatable bonds is 2. The van der Waals surface area contributed by atoms with Crippen molar-refractivity contribution in [2.45, 2.75) is 33.2 Å². The lowest BCUT2D eigenvalue weighted by molar-refractivity contribution is -0.134. The second-order valence-corrected chi connectivity index (χ2v) is 6.83. The zero-order valence-corrected chi connectivity index (χ0v) is 15.2. The van der Waals surface area contributed by atoms with E-state index in [1.54, 1.807) is 0 Å². The first kappa shape index (κ1) is 18.2. The Bertz CT molecular complexity index is 754. The summed E-state index contributed by atoms with van der Waals surface area (Å²) in [5.74, 6) is 1.39. The van der Waals surface area contributed by atoms with E-state index in [2.05, 4.69) is 34.9 Å². The van der Waals surface area contributed by atoms with Crippen molar-refractivity contribution in [2.24, 2.45) is 11.0 Å². The van der Waals surface area contributed by atoms with E-state index in [0.29, 0.717) is 12.5 Å². The largest absolute Gasteiger partial charge is 0.483 e. The third-order valence-corrected chi connectivity index (χ3v) is 4.75. The Labute approximate surface area is 152 Å². The molecule has 1 amide bonds. The predicted octanol–water partition coefficient (Wildman–Crippen LogP) is 0.878. The number of ether oxygens (including phenoxy) is 1. The number of hydrogen-bond acceptors (Lipinski definition) is 6. The van der Waals surface area contributed by atoms with Gasteiger partial charge in [0.15, 0.2) is 5.84 Å². The van der Waals surface area contributed by atoms with E-state index >= 15 is 0 Å². The molecule has 1 fully saturated rings. The zero-order chi connectivity index (χ0) is 18.8. The van der Waals surface area contributed by atoms with Crippen LogP contribution in [0.25, 0.3) is 0 Å². The van der Waals surface area contributed by atoms with Gasteiger partial charge in [-0.2, -0.15) is 5.10 Å². The lowest BCUT2D eigenvalue weighted by Gasteiger charge is -2.38. The van der Waals surface area contributed by atoms with E-state index in [4.69, 9.17) is 14.6 Å². The highest BCUT2D eigenvalue weighted by Crippen LogP contribution is 2.37. The highest BCUT2D eigenvalue weighted by atomic mass is 16.5. The number of anilines is 1. The van der Waals surface area contributed by atoms with Gasteiger partial charge in [0.1, 0.15) is 18.4 Å². The van der Waals surface area contributed by atoms with Crippen molar-refractivity contribution in [1.29, 1.82) is 0 Å². The number of benzene rings is 1. The fourth-order valence-electron chi connectivity index (χ4n) is 3.24. The number of carbonyl (C=O) groups excluding carboxylic acids is 1. The molecule has 8 heteroatoms. The summed E-state index contributed by atoms with van der Waals surface area (Å²) >= 11 is 0. The molecule has 0 spiro atoms. The maximum absolute atomic E-state index is 11.9. The number of hydrogen-bond donors (Lipinski definition) is 3. The summed E-state index contributed by atoms with van der Waals surface area (Å²) < 4.78 is 5.82. The summed E-state index contributed by atoms with van der Waals surface area (Å²) in [4.78, 5) is 22.9. The number of amidine groups is 1. The normalized spacial score (nSPS) is 21.0. The fourth-order valence-corrected chi connectivity index (χ4v) is 3.24. The molecule has 1 atom stereocenters. The van der Waals surface area contributed by atoms with Crippen molar-refractivity contribution in [3.63, 3.8) is 0 Å². The molecule has 1 unspecified atom stereocenters. The molecule has 8 nitrogen and oxygen atoms in total. The maximum Gasteiger partial charge on any atom is 0.300 e. The second-order valence-electron chi connectivity index (χ2n) is 6.83. The van der Waals surface area contributed by atoms with E-state index in [1.165, 1.54) is 11.1 Å². The van der Waals surface area contributed by atoms with Gasteiger partial charge in [-0.15, -0.1) is 0 Å². The highest BCUT2D eigenvalue weighted by molar-refractivity contribution is 6.09. The molecule has 0 aromatic heterocycles. The van der Waals surface area contributed by atoms with Crippen molar-refractivity contribution in [3.8, 4) is 5.75 Å². The number of carboxylic acid groups (broad SMARTS) is 1. The number of nitrogens with zero attached hydrogens (tertiary/aromatic N) is 2. The number of nitrogens with one attached hydrogen (secondary N) is 2. The van der Waals surface area contributed by atoms with Gasteiger partial charge >= 0.3 is 0 Å². The van der Waals surface area contributed by atoms with Gasteiger partial charge in [-0.1, -0.05) is 0 Å². The molecule has 140 valence electrons. The van der Waals surface area contributed by atoms with Crippen LogP contribution in [-0.2, 0) is 16.0 Å². The Morgan fingerprint density at radius 3 is 2.73 bits per heavy atom. The number of hydrazone groups is 1. The van der Waals surface area contributed by atoms with E-state index in [0.717, 1.165) is 43.7 Å². The number of aliphatic carboxylic acids is 1. The zero-order valence-electron chi connectivity index (χ0n) is 15.2. The van der Waals surface area contributed by atoms with Crippen LogP contribution in [0.5, 0.6) is 5.75 Å². The SMILES string of the molecule is CC(=O)O.Cc1cc2c(cc1CC1CNC1)N1C(=NNC(=O)C1C)CO2. The highest BCUT2D eigenvalue weighted by Gasteiger charge is 2.35. The standard InChI is InChI=1S/C16H20N4O2.C2H4O2/c1-9-3-14-13(5-12(9)4-11-6-17-7-11)20-10(2)16(21)19-18-15(20)8-22-14;1-2(3)4/h3,5,10-11,17H,4,6-8H2,1-2H3,(H,19,21);1H3,(H,3,4). The van der Waals surface area contributed by atoms with Crippen molar-refractivity contribution in [3.05, 3.63) is 23.3 Å². The van der Waals surface area contributed by atoms with Gasteiger partial charge in [-0.25, -0.2) is 5.43 Å². The molecule has 3 aliphatic heterocycles. The fraction of sp³-hybridized carbons (Fsp3) is 0.500. The van der Waals surface area contributed by atoms with Crippen LogP contribution in [0.2, 0.25) is 0 Å².